The Hall–Kier alpha value is -2.51. The normalized spacial score (nSPS) is 11.0. The predicted octanol–water partition coefficient (Wildman–Crippen LogP) is 4.12. The lowest BCUT2D eigenvalue weighted by Gasteiger charge is -2.07. The van der Waals surface area contributed by atoms with E-state index in [1.807, 2.05) is 42.5 Å². The van der Waals surface area contributed by atoms with Crippen molar-refractivity contribution in [1.29, 1.82) is 0 Å². The maximum absolute atomic E-state index is 5.91. The van der Waals surface area contributed by atoms with E-state index in [1.165, 1.54) is 0 Å². The van der Waals surface area contributed by atoms with E-state index in [4.69, 9.17) is 21.1 Å². The van der Waals surface area contributed by atoms with Gasteiger partial charge < -0.3 is 9.47 Å². The number of methoxy groups -OCH3 is 2. The second-order valence-electron chi connectivity index (χ2n) is 5.23. The predicted molar refractivity (Wildman–Crippen MR) is 104 cm³/mol. The second-order valence-corrected chi connectivity index (χ2v) is 6.60. The molecule has 134 valence electrons. The van der Waals surface area contributed by atoms with E-state index in [2.05, 4.69) is 15.3 Å². The zero-order chi connectivity index (χ0) is 18.4. The monoisotopic (exact) mass is 388 g/mol. The summed E-state index contributed by atoms with van der Waals surface area (Å²) >= 11 is 7.45. The summed E-state index contributed by atoms with van der Waals surface area (Å²) in [5.41, 5.74) is 1.98. The standard InChI is InChI=1S/C18H17ClN4O2S/c1-24-16-8-5-14(17(9-16)25-2)10-21-23-12-20-22-18(23)26-11-13-3-6-15(19)7-4-13/h3-10,12H,11H2,1-2H3/b21-10-. The van der Waals surface area contributed by atoms with Gasteiger partial charge in [-0.1, -0.05) is 35.5 Å². The van der Waals surface area contributed by atoms with Crippen LogP contribution in [-0.4, -0.2) is 35.3 Å². The molecule has 0 unspecified atom stereocenters. The summed E-state index contributed by atoms with van der Waals surface area (Å²) in [5, 5.41) is 13.9. The van der Waals surface area contributed by atoms with E-state index < -0.39 is 0 Å². The van der Waals surface area contributed by atoms with Crippen molar-refractivity contribution in [1.82, 2.24) is 14.9 Å². The molecule has 0 aliphatic heterocycles. The van der Waals surface area contributed by atoms with Crippen molar-refractivity contribution in [2.75, 3.05) is 14.2 Å². The van der Waals surface area contributed by atoms with Crippen molar-refractivity contribution < 1.29 is 9.47 Å². The van der Waals surface area contributed by atoms with Crippen molar-refractivity contribution >= 4 is 29.6 Å². The van der Waals surface area contributed by atoms with E-state index in [-0.39, 0.29) is 0 Å². The van der Waals surface area contributed by atoms with Crippen LogP contribution in [0.3, 0.4) is 0 Å². The molecule has 0 fully saturated rings. The summed E-state index contributed by atoms with van der Waals surface area (Å²) in [6.45, 7) is 0. The molecular weight excluding hydrogens is 372 g/mol. The van der Waals surface area contributed by atoms with E-state index in [0.29, 0.717) is 10.9 Å². The number of thioether (sulfide) groups is 1. The highest BCUT2D eigenvalue weighted by Gasteiger charge is 2.06. The van der Waals surface area contributed by atoms with Gasteiger partial charge in [-0.25, -0.2) is 0 Å². The summed E-state index contributed by atoms with van der Waals surface area (Å²) in [4.78, 5) is 0. The lowest BCUT2D eigenvalue weighted by atomic mass is 10.2. The van der Waals surface area contributed by atoms with E-state index in [0.717, 1.165) is 27.7 Å². The molecule has 26 heavy (non-hydrogen) atoms. The fraction of sp³-hybridized carbons (Fsp3) is 0.167. The van der Waals surface area contributed by atoms with Crippen LogP contribution in [0.25, 0.3) is 0 Å². The van der Waals surface area contributed by atoms with Crippen LogP contribution in [-0.2, 0) is 5.75 Å². The molecule has 0 bridgehead atoms. The van der Waals surface area contributed by atoms with E-state index in [1.54, 1.807) is 43.2 Å². The Morgan fingerprint density at radius 2 is 1.96 bits per heavy atom. The molecular formula is C18H17ClN4O2S. The van der Waals surface area contributed by atoms with Crippen molar-refractivity contribution in [2.45, 2.75) is 10.9 Å². The smallest absolute Gasteiger partial charge is 0.212 e. The first kappa shape index (κ1) is 18.3. The molecule has 8 heteroatoms. The van der Waals surface area contributed by atoms with Crippen LogP contribution >= 0.6 is 23.4 Å². The van der Waals surface area contributed by atoms with Gasteiger partial charge in [0.15, 0.2) is 0 Å². The fourth-order valence-electron chi connectivity index (χ4n) is 2.17. The van der Waals surface area contributed by atoms with Crippen LogP contribution in [0.15, 0.2) is 59.0 Å². The zero-order valence-corrected chi connectivity index (χ0v) is 15.9. The van der Waals surface area contributed by atoms with Gasteiger partial charge in [-0.05, 0) is 29.8 Å². The third-order valence-electron chi connectivity index (χ3n) is 3.54. The Morgan fingerprint density at radius 1 is 1.15 bits per heavy atom. The Labute approximate surface area is 160 Å². The minimum absolute atomic E-state index is 0.677. The van der Waals surface area contributed by atoms with Gasteiger partial charge in [0.1, 0.15) is 17.8 Å². The van der Waals surface area contributed by atoms with Gasteiger partial charge in [0.05, 0.1) is 20.4 Å². The molecule has 3 rings (SSSR count). The Bertz CT molecular complexity index is 896. The Balaban J connectivity index is 1.72. The van der Waals surface area contributed by atoms with Crippen molar-refractivity contribution in [3.05, 3.63) is 64.9 Å². The van der Waals surface area contributed by atoms with Gasteiger partial charge in [-0.2, -0.15) is 9.78 Å². The lowest BCUT2D eigenvalue weighted by Crippen LogP contribution is -1.96. The molecule has 1 heterocycles. The molecule has 2 aromatic carbocycles. The van der Waals surface area contributed by atoms with Crippen LogP contribution in [0.1, 0.15) is 11.1 Å². The molecule has 1 aromatic heterocycles. The van der Waals surface area contributed by atoms with Gasteiger partial charge >= 0.3 is 0 Å². The van der Waals surface area contributed by atoms with Crippen molar-refractivity contribution in [3.63, 3.8) is 0 Å². The van der Waals surface area contributed by atoms with E-state index in [9.17, 15) is 0 Å². The number of rotatable bonds is 7. The molecule has 0 N–H and O–H groups in total. The first-order valence-electron chi connectivity index (χ1n) is 7.73. The van der Waals surface area contributed by atoms with Gasteiger partial charge in [0, 0.05) is 22.4 Å². The van der Waals surface area contributed by atoms with Gasteiger partial charge in [0.2, 0.25) is 5.16 Å². The zero-order valence-electron chi connectivity index (χ0n) is 14.3. The topological polar surface area (TPSA) is 61.5 Å². The first-order valence-corrected chi connectivity index (χ1v) is 9.09. The summed E-state index contributed by atoms with van der Waals surface area (Å²) in [7, 11) is 3.22. The van der Waals surface area contributed by atoms with Crippen LogP contribution in [0.2, 0.25) is 5.02 Å². The molecule has 0 aliphatic carbocycles. The minimum atomic E-state index is 0.677. The number of nitrogens with zero attached hydrogens (tertiary/aromatic N) is 4. The lowest BCUT2D eigenvalue weighted by molar-refractivity contribution is 0.394. The number of ether oxygens (including phenoxy) is 2. The highest BCUT2D eigenvalue weighted by molar-refractivity contribution is 7.98. The summed E-state index contributed by atoms with van der Waals surface area (Å²) < 4.78 is 12.2. The quantitative estimate of drug-likeness (QED) is 0.450. The van der Waals surface area contributed by atoms with Crippen LogP contribution in [0.4, 0.5) is 0 Å². The number of hydrogen-bond donors (Lipinski definition) is 0. The van der Waals surface area contributed by atoms with Crippen LogP contribution in [0.5, 0.6) is 11.5 Å². The average Bonchev–Trinajstić information content (AvgIpc) is 3.13. The van der Waals surface area contributed by atoms with Crippen LogP contribution < -0.4 is 9.47 Å². The summed E-state index contributed by atoms with van der Waals surface area (Å²) in [6, 6.07) is 13.3. The highest BCUT2D eigenvalue weighted by Crippen LogP contribution is 2.24. The van der Waals surface area contributed by atoms with Crippen LogP contribution in [0, 0.1) is 0 Å². The third kappa shape index (κ3) is 4.56. The number of halogens is 1. The maximum atomic E-state index is 5.91. The minimum Gasteiger partial charge on any atom is -0.497 e. The van der Waals surface area contributed by atoms with Gasteiger partial charge in [-0.3, -0.25) is 0 Å². The molecule has 0 saturated heterocycles. The molecule has 0 aliphatic rings. The second kappa shape index (κ2) is 8.73. The molecule has 3 aromatic rings. The molecule has 0 radical (unpaired) electrons. The highest BCUT2D eigenvalue weighted by atomic mass is 35.5. The molecule has 0 spiro atoms. The SMILES string of the molecule is COc1ccc(/C=N\n2cnnc2SCc2ccc(Cl)cc2)c(OC)c1. The average molecular weight is 389 g/mol. The Kier molecular flexibility index (Phi) is 6.14. The summed E-state index contributed by atoms with van der Waals surface area (Å²) in [5.74, 6) is 2.15. The number of hydrogen-bond acceptors (Lipinski definition) is 6. The number of aromatic nitrogens is 3. The molecule has 0 saturated carbocycles. The maximum Gasteiger partial charge on any atom is 0.212 e. The van der Waals surface area contributed by atoms with Gasteiger partial charge in [-0.15, -0.1) is 10.2 Å². The molecule has 6 nitrogen and oxygen atoms in total. The largest absolute Gasteiger partial charge is 0.497 e. The summed E-state index contributed by atoms with van der Waals surface area (Å²) in [6.07, 6.45) is 3.27. The number of benzene rings is 2. The van der Waals surface area contributed by atoms with Crippen molar-refractivity contribution in [2.24, 2.45) is 5.10 Å². The molecule has 0 amide bonds. The van der Waals surface area contributed by atoms with Crippen molar-refractivity contribution in [3.8, 4) is 11.5 Å². The third-order valence-corrected chi connectivity index (χ3v) is 4.80. The first-order chi connectivity index (χ1) is 12.7. The fourth-order valence-corrected chi connectivity index (χ4v) is 3.12. The Morgan fingerprint density at radius 3 is 2.69 bits per heavy atom. The van der Waals surface area contributed by atoms with E-state index >= 15 is 0 Å². The van der Waals surface area contributed by atoms with Gasteiger partial charge in [0.25, 0.3) is 0 Å². The molecule has 0 atom stereocenters.